The number of aliphatic hydroxyl groups excluding tert-OH is 5. The Labute approximate surface area is 456 Å². The summed E-state index contributed by atoms with van der Waals surface area (Å²) in [6, 6.07) is 5.32. The molecule has 0 aromatic heterocycles. The molecule has 14 rings (SSSR count). The molecule has 20 unspecified atom stereocenters. The van der Waals surface area contributed by atoms with Crippen LogP contribution in [-0.2, 0) is 20.7 Å². The quantitative estimate of drug-likeness (QED) is 0.0879. The number of nitrogens with one attached hydrogen (secondary N) is 1. The van der Waals surface area contributed by atoms with Crippen LogP contribution in [-0.4, -0.2) is 143 Å². The van der Waals surface area contributed by atoms with Gasteiger partial charge in [0.2, 0.25) is 5.91 Å². The maximum Gasteiger partial charge on any atom is 0.234 e. The van der Waals surface area contributed by atoms with E-state index in [1.807, 2.05) is 20.0 Å². The maximum absolute atomic E-state index is 16.3. The van der Waals surface area contributed by atoms with Crippen LogP contribution in [0.1, 0.15) is 130 Å². The molecule has 6 saturated carbocycles. The summed E-state index contributed by atoms with van der Waals surface area (Å²) in [5, 5.41) is 118. The molecule has 2 saturated heterocycles. The van der Waals surface area contributed by atoms with Gasteiger partial charge in [0.25, 0.3) is 0 Å². The summed E-state index contributed by atoms with van der Waals surface area (Å²) >= 11 is 0. The molecular formula is C60H86N2O12S2. The summed E-state index contributed by atoms with van der Waals surface area (Å²) < 4.78 is 6.57. The lowest BCUT2D eigenvalue weighted by atomic mass is 9.31. The Morgan fingerprint density at radius 3 is 2.41 bits per heavy atom. The van der Waals surface area contributed by atoms with Gasteiger partial charge in [0.05, 0.1) is 41.3 Å². The van der Waals surface area contributed by atoms with Gasteiger partial charge in [0.1, 0.15) is 28.5 Å². The lowest BCUT2D eigenvalue weighted by Gasteiger charge is -2.74. The van der Waals surface area contributed by atoms with Crippen LogP contribution in [0.2, 0.25) is 0 Å². The van der Waals surface area contributed by atoms with E-state index in [2.05, 4.69) is 38.2 Å². The second-order valence-electron chi connectivity index (χ2n) is 27.2. The fourth-order valence-electron chi connectivity index (χ4n) is 21.3. The summed E-state index contributed by atoms with van der Waals surface area (Å²) in [6.07, 6.45) is 9.61. The maximum atomic E-state index is 16.3. The first kappa shape index (κ1) is 54.5. The normalized spacial score (nSPS) is 49.6. The molecule has 76 heavy (non-hydrogen) atoms. The van der Waals surface area contributed by atoms with Crippen molar-refractivity contribution in [3.05, 3.63) is 47.6 Å². The topological polar surface area (TPSA) is 244 Å². The van der Waals surface area contributed by atoms with Crippen molar-refractivity contribution in [1.82, 2.24) is 5.32 Å². The average molecular weight is 1090 g/mol. The monoisotopic (exact) mass is 1090 g/mol. The largest absolute Gasteiger partial charge is 0.508 e. The van der Waals surface area contributed by atoms with Crippen molar-refractivity contribution in [1.29, 1.82) is 0 Å². The number of rotatable bonds is 7. The number of hydrogen-bond donors (Lipinski definition) is 10. The van der Waals surface area contributed by atoms with Crippen LogP contribution in [0.4, 0.5) is 5.69 Å². The summed E-state index contributed by atoms with van der Waals surface area (Å²) in [7, 11) is 4.40. The van der Waals surface area contributed by atoms with Crippen LogP contribution in [0.25, 0.3) is 0 Å². The first-order valence-corrected chi connectivity index (χ1v) is 31.6. The SMILES string of the molecule is CNCC1CCC2(CN3C(=O)C24C(CO)CCCC4CSSC(O)C24CC(O)C(O)(CO)C5(CCCC5)C2(C)C2CC5C=CCC(O)(C6OC6C(C)C(C)C)C6CCC(O)(C2=CC4=O)C56CCc2cc(O)cc3c2)C1O. The average Bonchev–Trinajstić information content (AvgIpc) is 3.86. The van der Waals surface area contributed by atoms with Crippen molar-refractivity contribution in [2.45, 2.75) is 177 Å². The predicted molar refractivity (Wildman–Crippen MR) is 291 cm³/mol. The molecule has 16 heteroatoms. The highest BCUT2D eigenvalue weighted by atomic mass is 33.1. The molecule has 1 amide bonds. The second-order valence-corrected chi connectivity index (χ2v) is 29.7. The highest BCUT2D eigenvalue weighted by Gasteiger charge is 2.84. The zero-order valence-corrected chi connectivity index (χ0v) is 47.0. The second kappa shape index (κ2) is 18.5. The summed E-state index contributed by atoms with van der Waals surface area (Å²) in [6.45, 7) is 8.21. The Morgan fingerprint density at radius 1 is 0.934 bits per heavy atom. The molecule has 10 N–H and O–H groups in total. The fraction of sp³-hybridized carbons (Fsp3) is 0.800. The van der Waals surface area contributed by atoms with E-state index in [0.29, 0.717) is 113 Å². The van der Waals surface area contributed by atoms with Crippen LogP contribution < -0.4 is 10.2 Å². The molecule has 13 aliphatic rings. The number of carbonyl (C=O) groups is 2. The number of fused-ring (bicyclic) bond motifs is 1. The molecule has 8 bridgehead atoms. The predicted octanol–water partition coefficient (Wildman–Crippen LogP) is 5.82. The number of ether oxygens (including phenoxy) is 1. The lowest BCUT2D eigenvalue weighted by molar-refractivity contribution is -0.309. The van der Waals surface area contributed by atoms with Crippen molar-refractivity contribution in [3.8, 4) is 5.75 Å². The number of phenols is 1. The Morgan fingerprint density at radius 2 is 1.70 bits per heavy atom. The Kier molecular flexibility index (Phi) is 13.3. The smallest absolute Gasteiger partial charge is 0.234 e. The van der Waals surface area contributed by atoms with Crippen molar-refractivity contribution in [2.24, 2.45) is 79.8 Å². The van der Waals surface area contributed by atoms with Gasteiger partial charge in [-0.2, -0.15) is 0 Å². The Bertz CT molecular complexity index is 2560. The summed E-state index contributed by atoms with van der Waals surface area (Å²) in [5.41, 5.74) is -12.5. The van der Waals surface area contributed by atoms with Crippen molar-refractivity contribution in [2.75, 3.05) is 44.0 Å². The van der Waals surface area contributed by atoms with Gasteiger partial charge >= 0.3 is 0 Å². The van der Waals surface area contributed by atoms with Crippen molar-refractivity contribution in [3.63, 3.8) is 0 Å². The number of aliphatic hydroxyl groups is 8. The lowest BCUT2D eigenvalue weighted by Crippen LogP contribution is -2.79. The molecule has 8 fully saturated rings. The van der Waals surface area contributed by atoms with Gasteiger partial charge in [-0.15, -0.1) is 0 Å². The molecule has 5 heterocycles. The molecule has 20 atom stereocenters. The zero-order valence-electron chi connectivity index (χ0n) is 45.3. The van der Waals surface area contributed by atoms with Gasteiger partial charge in [-0.1, -0.05) is 80.7 Å². The molecule has 0 radical (unpaired) electrons. The number of aromatic hydroxyl groups is 1. The molecule has 420 valence electrons. The number of epoxide rings is 1. The van der Waals surface area contributed by atoms with E-state index in [1.54, 1.807) is 23.1 Å². The van der Waals surface area contributed by atoms with E-state index in [4.69, 9.17) is 4.74 Å². The van der Waals surface area contributed by atoms with Crippen LogP contribution in [0.5, 0.6) is 5.75 Å². The highest BCUT2D eigenvalue weighted by molar-refractivity contribution is 8.76. The Hall–Kier alpha value is -2.06. The third kappa shape index (κ3) is 6.56. The number of nitrogens with zero attached hydrogens (tertiary/aromatic N) is 1. The zero-order chi connectivity index (χ0) is 54.0. The summed E-state index contributed by atoms with van der Waals surface area (Å²) in [4.78, 5) is 34.3. The minimum atomic E-state index is -2.05. The molecule has 5 aliphatic heterocycles. The fourth-order valence-corrected chi connectivity index (χ4v) is 24.3. The first-order valence-electron chi connectivity index (χ1n) is 29.2. The number of hydrogen-bond acceptors (Lipinski definition) is 15. The van der Waals surface area contributed by atoms with Gasteiger partial charge in [-0.05, 0) is 167 Å². The van der Waals surface area contributed by atoms with Crippen LogP contribution in [0.3, 0.4) is 0 Å². The standard InChI is InChI=1S/C60H86N2O12S2/c1-33(2)34(3)47-49(74-47)57(71)18-9-12-37-24-42-43-26-45(66)56(27-46(67)59(73,32-64)54(52(42,56)4)16-6-7-17-54)51(70)76-75-30-39-11-8-10-38(29-63)60(39)50(69)62(31-53(60)19-14-36(28-61-5)48(53)68)40-22-35(23-41(65)25-40)13-20-55(37)44(57)15-21-58(43,55)72/h9,12,22-23,25-26,33-34,36-39,42,44,46-49,51,61,63-65,67-68,70-73H,6-8,10-11,13-21,24,27-32H2,1-5H3. The van der Waals surface area contributed by atoms with Gasteiger partial charge in [-0.25, -0.2) is 0 Å². The first-order chi connectivity index (χ1) is 36.1. The molecule has 1 aromatic rings. The van der Waals surface area contributed by atoms with Crippen LogP contribution in [0.15, 0.2) is 42.0 Å². The summed E-state index contributed by atoms with van der Waals surface area (Å²) in [5.74, 6) is -2.41. The van der Waals surface area contributed by atoms with Crippen molar-refractivity contribution >= 4 is 39.0 Å². The third-order valence-corrected chi connectivity index (χ3v) is 27.6. The molecule has 5 spiro atoms. The van der Waals surface area contributed by atoms with Crippen LogP contribution in [0, 0.1) is 79.8 Å². The van der Waals surface area contributed by atoms with Crippen LogP contribution >= 0.6 is 21.6 Å². The molecule has 1 aromatic carbocycles. The van der Waals surface area contributed by atoms with E-state index in [9.17, 15) is 46.0 Å². The minimum absolute atomic E-state index is 0.0303. The van der Waals surface area contributed by atoms with E-state index in [0.717, 1.165) is 22.8 Å². The van der Waals surface area contributed by atoms with Gasteiger partial charge in [0.15, 0.2) is 5.78 Å². The number of aryl methyl sites for hydroxylation is 1. The molecule has 8 aliphatic carbocycles. The van der Waals surface area contributed by atoms with Gasteiger partial charge in [-0.3, -0.25) is 9.59 Å². The number of amides is 1. The van der Waals surface area contributed by atoms with E-state index < -0.39 is 109 Å². The highest BCUT2D eigenvalue weighted by Crippen LogP contribution is 2.81. The molecular weight excluding hydrogens is 1000 g/mol. The Balaban J connectivity index is 1.09. The number of phenolic OH excluding ortho intramolecular Hbond substituents is 1. The van der Waals surface area contributed by atoms with Gasteiger partial charge < -0.3 is 60.9 Å². The minimum Gasteiger partial charge on any atom is -0.508 e. The van der Waals surface area contributed by atoms with E-state index >= 15 is 9.59 Å². The van der Waals surface area contributed by atoms with E-state index in [-0.39, 0.29) is 61.5 Å². The number of carbonyl (C=O) groups excluding carboxylic acids is 2. The van der Waals surface area contributed by atoms with E-state index in [1.165, 1.54) is 10.8 Å². The third-order valence-electron chi connectivity index (χ3n) is 25.0. The number of benzene rings is 1. The number of allylic oxidation sites excluding steroid dienone is 2. The van der Waals surface area contributed by atoms with Gasteiger partial charge in [0, 0.05) is 59.4 Å². The number of anilines is 1. The molecule has 14 nitrogen and oxygen atoms in total. The number of ketones is 1. The van der Waals surface area contributed by atoms with Crippen molar-refractivity contribution < 1.29 is 60.3 Å².